The summed E-state index contributed by atoms with van der Waals surface area (Å²) in [5.74, 6) is -0.0126. The topological polar surface area (TPSA) is 165 Å². The zero-order chi connectivity index (χ0) is 25.4. The fourth-order valence-corrected chi connectivity index (χ4v) is 3.37. The van der Waals surface area contributed by atoms with E-state index in [1.807, 2.05) is 38.1 Å². The Balaban J connectivity index is 1.45. The number of hydrogen-bond acceptors (Lipinski definition) is 9. The Labute approximate surface area is 202 Å². The minimum absolute atomic E-state index is 0.142. The van der Waals surface area contributed by atoms with Crippen LogP contribution in [0.2, 0.25) is 0 Å². The molecule has 0 fully saturated rings. The molecule has 0 aliphatic carbocycles. The minimum atomic E-state index is -1.19. The van der Waals surface area contributed by atoms with Crippen molar-refractivity contribution in [1.82, 2.24) is 0 Å². The molecule has 1 aliphatic heterocycles. The van der Waals surface area contributed by atoms with Gasteiger partial charge in [-0.1, -0.05) is 6.07 Å². The molecule has 0 spiro atoms. The second-order valence-corrected chi connectivity index (χ2v) is 8.00. The van der Waals surface area contributed by atoms with Gasteiger partial charge in [-0.15, -0.1) is 0 Å². The van der Waals surface area contributed by atoms with E-state index in [1.165, 1.54) is 0 Å². The number of nitrogens with zero attached hydrogens (tertiary/aromatic N) is 3. The number of aliphatic carboxylic acids is 1. The Morgan fingerprint density at radius 2 is 1.74 bits per heavy atom. The van der Waals surface area contributed by atoms with E-state index in [-0.39, 0.29) is 11.9 Å². The van der Waals surface area contributed by atoms with Gasteiger partial charge < -0.3 is 31.4 Å². The van der Waals surface area contributed by atoms with Gasteiger partial charge in [0.15, 0.2) is 0 Å². The lowest BCUT2D eigenvalue weighted by Gasteiger charge is -2.38. The quantitative estimate of drug-likeness (QED) is 0.297. The van der Waals surface area contributed by atoms with Gasteiger partial charge in [0, 0.05) is 36.0 Å². The SMILES string of the molecule is CC1(C)N=C(N)N=C(N)N1c1cccc(OCCCOc2ccc(NC(=O)C=CC(=O)O)cc2)c1. The van der Waals surface area contributed by atoms with Crippen LogP contribution in [0, 0.1) is 0 Å². The maximum absolute atomic E-state index is 11.6. The molecule has 6 N–H and O–H groups in total. The Morgan fingerprint density at radius 1 is 1.06 bits per heavy atom. The number of rotatable bonds is 10. The maximum Gasteiger partial charge on any atom is 0.328 e. The summed E-state index contributed by atoms with van der Waals surface area (Å²) in [6.45, 7) is 4.65. The largest absolute Gasteiger partial charge is 0.493 e. The number of carbonyl (C=O) groups is 2. The van der Waals surface area contributed by atoms with Gasteiger partial charge in [0.1, 0.15) is 17.2 Å². The van der Waals surface area contributed by atoms with Crippen LogP contribution in [0.25, 0.3) is 0 Å². The van der Waals surface area contributed by atoms with E-state index in [0.717, 1.165) is 17.8 Å². The maximum atomic E-state index is 11.6. The highest BCUT2D eigenvalue weighted by Crippen LogP contribution is 2.30. The fourth-order valence-electron chi connectivity index (χ4n) is 3.37. The van der Waals surface area contributed by atoms with Crippen molar-refractivity contribution in [1.29, 1.82) is 0 Å². The number of anilines is 2. The molecule has 35 heavy (non-hydrogen) atoms. The van der Waals surface area contributed by atoms with Crippen LogP contribution in [0.15, 0.2) is 70.7 Å². The molecule has 1 heterocycles. The standard InChI is InChI=1S/C24H28N6O5/c1-24(2)29-22(25)28-23(26)30(24)17-5-3-6-19(15-17)35-14-4-13-34-18-9-7-16(8-10-18)27-20(31)11-12-21(32)33/h3,5-12,15H,4,13-14H2,1-2H3,(H,27,31)(H,32,33)(H4,25,26,28,29). The first-order chi connectivity index (χ1) is 16.6. The highest BCUT2D eigenvalue weighted by Gasteiger charge is 2.33. The lowest BCUT2D eigenvalue weighted by atomic mass is 10.1. The number of carbonyl (C=O) groups excluding carboxylic acids is 1. The summed E-state index contributed by atoms with van der Waals surface area (Å²) in [6, 6.07) is 14.2. The first-order valence-electron chi connectivity index (χ1n) is 10.8. The highest BCUT2D eigenvalue weighted by atomic mass is 16.5. The molecule has 2 aromatic carbocycles. The van der Waals surface area contributed by atoms with Crippen LogP contribution in [-0.4, -0.2) is 47.8 Å². The molecule has 0 saturated carbocycles. The van der Waals surface area contributed by atoms with Crippen molar-refractivity contribution in [3.8, 4) is 11.5 Å². The molecule has 0 atom stereocenters. The summed E-state index contributed by atoms with van der Waals surface area (Å²) in [5, 5.41) is 11.1. The number of nitrogens with one attached hydrogen (secondary N) is 1. The van der Waals surface area contributed by atoms with Crippen LogP contribution in [0.5, 0.6) is 11.5 Å². The summed E-state index contributed by atoms with van der Waals surface area (Å²) >= 11 is 0. The van der Waals surface area contributed by atoms with Gasteiger partial charge in [-0.3, -0.25) is 9.69 Å². The van der Waals surface area contributed by atoms with Crippen LogP contribution >= 0.6 is 0 Å². The van der Waals surface area contributed by atoms with Gasteiger partial charge in [-0.2, -0.15) is 4.99 Å². The number of ether oxygens (including phenoxy) is 2. The van der Waals surface area contributed by atoms with Crippen LogP contribution in [0.1, 0.15) is 20.3 Å². The molecule has 11 nitrogen and oxygen atoms in total. The third kappa shape index (κ3) is 7.22. The van der Waals surface area contributed by atoms with Gasteiger partial charge in [0.25, 0.3) is 0 Å². The van der Waals surface area contributed by atoms with Gasteiger partial charge in [0.2, 0.25) is 17.8 Å². The van der Waals surface area contributed by atoms with Crippen molar-refractivity contribution in [2.45, 2.75) is 25.9 Å². The van der Waals surface area contributed by atoms with Crippen LogP contribution in [0.3, 0.4) is 0 Å². The van der Waals surface area contributed by atoms with Crippen LogP contribution in [0.4, 0.5) is 11.4 Å². The van der Waals surface area contributed by atoms with E-state index < -0.39 is 17.5 Å². The average molecular weight is 481 g/mol. The van der Waals surface area contributed by atoms with Crippen LogP contribution in [-0.2, 0) is 9.59 Å². The molecule has 2 aromatic rings. The summed E-state index contributed by atoms with van der Waals surface area (Å²) in [7, 11) is 0. The minimum Gasteiger partial charge on any atom is -0.493 e. The smallest absolute Gasteiger partial charge is 0.328 e. The molecule has 3 rings (SSSR count). The summed E-state index contributed by atoms with van der Waals surface area (Å²) in [4.78, 5) is 32.2. The second kappa shape index (κ2) is 11.1. The molecule has 1 aliphatic rings. The van der Waals surface area contributed by atoms with Crippen molar-refractivity contribution in [2.24, 2.45) is 21.5 Å². The zero-order valence-electron chi connectivity index (χ0n) is 19.5. The predicted molar refractivity (Wildman–Crippen MR) is 134 cm³/mol. The molecule has 11 heteroatoms. The lowest BCUT2D eigenvalue weighted by Crippen LogP contribution is -2.54. The van der Waals surface area contributed by atoms with Gasteiger partial charge in [-0.25, -0.2) is 9.79 Å². The molecule has 0 saturated heterocycles. The van der Waals surface area contributed by atoms with E-state index in [9.17, 15) is 9.59 Å². The van der Waals surface area contributed by atoms with E-state index in [1.54, 1.807) is 29.2 Å². The zero-order valence-corrected chi connectivity index (χ0v) is 19.5. The Bertz CT molecular complexity index is 1160. The number of carboxylic acid groups (broad SMARTS) is 1. The number of carboxylic acids is 1. The van der Waals surface area contributed by atoms with Gasteiger partial charge >= 0.3 is 5.97 Å². The molecule has 0 bridgehead atoms. The van der Waals surface area contributed by atoms with E-state index in [2.05, 4.69) is 15.3 Å². The van der Waals surface area contributed by atoms with Crippen molar-refractivity contribution in [3.63, 3.8) is 0 Å². The Hall–Kier alpha value is -4.54. The Kier molecular flexibility index (Phi) is 7.92. The van der Waals surface area contributed by atoms with E-state index >= 15 is 0 Å². The van der Waals surface area contributed by atoms with Crippen molar-refractivity contribution < 1.29 is 24.2 Å². The van der Waals surface area contributed by atoms with Gasteiger partial charge in [-0.05, 0) is 50.2 Å². The van der Waals surface area contributed by atoms with E-state index in [0.29, 0.717) is 36.8 Å². The fraction of sp³-hybridized carbons (Fsp3) is 0.250. The molecule has 0 aromatic heterocycles. The number of amides is 1. The number of aliphatic imine (C=N–C) groups is 2. The molecule has 0 radical (unpaired) electrons. The number of guanidine groups is 2. The molecular weight excluding hydrogens is 452 g/mol. The van der Waals surface area contributed by atoms with Gasteiger partial charge in [0.05, 0.1) is 13.2 Å². The highest BCUT2D eigenvalue weighted by molar-refractivity contribution is 6.05. The first kappa shape index (κ1) is 25.1. The first-order valence-corrected chi connectivity index (χ1v) is 10.8. The molecule has 0 unspecified atom stereocenters. The monoisotopic (exact) mass is 480 g/mol. The van der Waals surface area contributed by atoms with Crippen molar-refractivity contribution in [2.75, 3.05) is 23.4 Å². The summed E-state index contributed by atoms with van der Waals surface area (Å²) in [6.07, 6.45) is 2.36. The number of hydrogen-bond donors (Lipinski definition) is 4. The third-order valence-corrected chi connectivity index (χ3v) is 4.79. The van der Waals surface area contributed by atoms with E-state index in [4.69, 9.17) is 26.0 Å². The third-order valence-electron chi connectivity index (χ3n) is 4.79. The lowest BCUT2D eigenvalue weighted by molar-refractivity contribution is -0.131. The average Bonchev–Trinajstić information content (AvgIpc) is 2.77. The number of nitrogens with two attached hydrogens (primary N) is 2. The number of benzene rings is 2. The van der Waals surface area contributed by atoms with Crippen molar-refractivity contribution >= 4 is 35.2 Å². The molecule has 184 valence electrons. The summed E-state index contributed by atoms with van der Waals surface area (Å²) < 4.78 is 11.6. The molecular formula is C24H28N6O5. The predicted octanol–water partition coefficient (Wildman–Crippen LogP) is 2.30. The second-order valence-electron chi connectivity index (χ2n) is 8.00. The summed E-state index contributed by atoms with van der Waals surface area (Å²) in [5.41, 5.74) is 12.5. The van der Waals surface area contributed by atoms with Crippen molar-refractivity contribution in [3.05, 3.63) is 60.7 Å². The normalized spacial score (nSPS) is 14.7. The molecule has 1 amide bonds. The Morgan fingerprint density at radius 3 is 2.40 bits per heavy atom. The van der Waals surface area contributed by atoms with Crippen LogP contribution < -0.4 is 31.2 Å².